The molecule has 0 spiro atoms. The first-order valence-corrected chi connectivity index (χ1v) is 12.8. The molecule has 0 aliphatic rings. The zero-order chi connectivity index (χ0) is 26.9. The highest BCUT2D eigenvalue weighted by molar-refractivity contribution is 8.00. The van der Waals surface area contributed by atoms with E-state index >= 15 is 0 Å². The van der Waals surface area contributed by atoms with Gasteiger partial charge >= 0.3 is 5.51 Å². The van der Waals surface area contributed by atoms with Crippen LogP contribution in [0, 0.1) is 13.8 Å². The number of aryl methyl sites for hydroxylation is 2. The van der Waals surface area contributed by atoms with Crippen molar-refractivity contribution in [3.8, 4) is 11.3 Å². The minimum absolute atomic E-state index is 0.126. The van der Waals surface area contributed by atoms with Gasteiger partial charge in [0.1, 0.15) is 5.65 Å². The van der Waals surface area contributed by atoms with Crippen molar-refractivity contribution in [2.24, 2.45) is 5.10 Å². The van der Waals surface area contributed by atoms with Crippen molar-refractivity contribution in [1.29, 1.82) is 0 Å². The summed E-state index contributed by atoms with van der Waals surface area (Å²) in [6, 6.07) is 20.2. The van der Waals surface area contributed by atoms with E-state index in [1.54, 1.807) is 24.5 Å². The fourth-order valence-electron chi connectivity index (χ4n) is 4.23. The highest BCUT2D eigenvalue weighted by Crippen LogP contribution is 2.37. The van der Waals surface area contributed by atoms with E-state index in [1.807, 2.05) is 66.9 Å². The summed E-state index contributed by atoms with van der Waals surface area (Å²) >= 11 is 5.25. The lowest BCUT2D eigenvalue weighted by atomic mass is 10.1. The molecule has 38 heavy (non-hydrogen) atoms. The minimum Gasteiger partial charge on any atom is -0.331 e. The molecular weight excluding hydrogens is 527 g/mol. The summed E-state index contributed by atoms with van der Waals surface area (Å²) in [6.07, 6.45) is 5.32. The van der Waals surface area contributed by atoms with Crippen LogP contribution < -0.4 is 10.7 Å². The van der Waals surface area contributed by atoms with Gasteiger partial charge < -0.3 is 5.32 Å². The van der Waals surface area contributed by atoms with Crippen LogP contribution >= 0.6 is 24.0 Å². The van der Waals surface area contributed by atoms with E-state index in [0.717, 1.165) is 50.1 Å². The Labute approximate surface area is 226 Å². The SMILES string of the molecule is Cc1cccc(C)c1NC(=S)N/N=C/c1ccc2c(ccn3c(-c4ccc(SC(F)(F)F)cc4)cnc23)c1. The first-order chi connectivity index (χ1) is 18.2. The van der Waals surface area contributed by atoms with Gasteiger partial charge in [-0.25, -0.2) is 4.98 Å². The molecule has 5 aromatic rings. The molecule has 0 unspecified atom stereocenters. The van der Waals surface area contributed by atoms with Crippen molar-refractivity contribution in [1.82, 2.24) is 14.8 Å². The Morgan fingerprint density at radius 1 is 1.03 bits per heavy atom. The molecule has 2 heterocycles. The van der Waals surface area contributed by atoms with E-state index in [-0.39, 0.29) is 16.7 Å². The van der Waals surface area contributed by atoms with Crippen LogP contribution in [0.3, 0.4) is 0 Å². The Kier molecular flexibility index (Phi) is 7.09. The van der Waals surface area contributed by atoms with Crippen LogP contribution in [0.2, 0.25) is 0 Å². The summed E-state index contributed by atoms with van der Waals surface area (Å²) in [5.41, 5.74) is 4.92. The van der Waals surface area contributed by atoms with Gasteiger partial charge in [-0.2, -0.15) is 18.3 Å². The number of anilines is 1. The zero-order valence-corrected chi connectivity index (χ0v) is 22.0. The van der Waals surface area contributed by atoms with E-state index in [1.165, 1.54) is 12.1 Å². The Hall–Kier alpha value is -3.89. The van der Waals surface area contributed by atoms with Crippen LogP contribution in [0.4, 0.5) is 18.9 Å². The number of rotatable bonds is 5. The van der Waals surface area contributed by atoms with Gasteiger partial charge in [-0.3, -0.25) is 9.83 Å². The van der Waals surface area contributed by atoms with Gasteiger partial charge in [0.25, 0.3) is 0 Å². The predicted octanol–water partition coefficient (Wildman–Crippen LogP) is 7.70. The summed E-state index contributed by atoms with van der Waals surface area (Å²) in [7, 11) is 0. The third-order valence-corrected chi connectivity index (χ3v) is 6.93. The largest absolute Gasteiger partial charge is 0.446 e. The van der Waals surface area contributed by atoms with E-state index in [2.05, 4.69) is 20.8 Å². The molecule has 3 aromatic carbocycles. The molecule has 2 aromatic heterocycles. The third kappa shape index (κ3) is 5.66. The molecular formula is C28H22F3N5S2. The maximum atomic E-state index is 12.6. The normalized spacial score (nSPS) is 11.9. The molecule has 0 bridgehead atoms. The molecule has 5 rings (SSSR count). The lowest BCUT2D eigenvalue weighted by Gasteiger charge is -2.12. The molecule has 0 atom stereocenters. The topological polar surface area (TPSA) is 53.7 Å². The van der Waals surface area contributed by atoms with Crippen LogP contribution in [0.15, 0.2) is 89.1 Å². The number of aromatic nitrogens is 2. The number of halogens is 3. The Morgan fingerprint density at radius 2 is 1.76 bits per heavy atom. The number of imidazole rings is 1. The summed E-state index contributed by atoms with van der Waals surface area (Å²) < 4.78 is 39.9. The second-order valence-electron chi connectivity index (χ2n) is 8.66. The number of thiocarbonyl (C=S) groups is 1. The third-order valence-electron chi connectivity index (χ3n) is 6.00. The average Bonchev–Trinajstić information content (AvgIpc) is 3.30. The van der Waals surface area contributed by atoms with Gasteiger partial charge in [0, 0.05) is 27.7 Å². The minimum atomic E-state index is -4.31. The lowest BCUT2D eigenvalue weighted by Crippen LogP contribution is -2.24. The number of hydrogen-bond acceptors (Lipinski definition) is 4. The summed E-state index contributed by atoms with van der Waals surface area (Å²) in [4.78, 5) is 4.72. The fraction of sp³-hybridized carbons (Fsp3) is 0.107. The Morgan fingerprint density at radius 3 is 2.47 bits per heavy atom. The number of benzene rings is 3. The molecule has 0 fully saturated rings. The molecule has 192 valence electrons. The first kappa shape index (κ1) is 25.7. The van der Waals surface area contributed by atoms with E-state index < -0.39 is 5.51 Å². The molecule has 0 amide bonds. The maximum absolute atomic E-state index is 12.6. The number of hydrogen-bond donors (Lipinski definition) is 2. The van der Waals surface area contributed by atoms with Crippen LogP contribution in [0.25, 0.3) is 27.7 Å². The van der Waals surface area contributed by atoms with Gasteiger partial charge in [-0.15, -0.1) is 0 Å². The van der Waals surface area contributed by atoms with Crippen molar-refractivity contribution in [3.05, 3.63) is 95.8 Å². The quantitative estimate of drug-likeness (QED) is 0.102. The van der Waals surface area contributed by atoms with E-state index in [0.29, 0.717) is 5.11 Å². The predicted molar refractivity (Wildman–Crippen MR) is 153 cm³/mol. The average molecular weight is 550 g/mol. The summed E-state index contributed by atoms with van der Waals surface area (Å²) in [6.45, 7) is 4.03. The van der Waals surface area contributed by atoms with Crippen molar-refractivity contribution in [2.45, 2.75) is 24.3 Å². The van der Waals surface area contributed by atoms with Crippen LogP contribution in [0.5, 0.6) is 0 Å². The van der Waals surface area contributed by atoms with Crippen LogP contribution in [0.1, 0.15) is 16.7 Å². The lowest BCUT2D eigenvalue weighted by molar-refractivity contribution is -0.0328. The molecule has 0 radical (unpaired) electrons. The van der Waals surface area contributed by atoms with Gasteiger partial charge in [-0.1, -0.05) is 36.4 Å². The van der Waals surface area contributed by atoms with E-state index in [4.69, 9.17) is 12.2 Å². The van der Waals surface area contributed by atoms with Gasteiger partial charge in [-0.05, 0) is 90.2 Å². The number of alkyl halides is 3. The number of nitrogens with zero attached hydrogens (tertiary/aromatic N) is 3. The molecule has 5 nitrogen and oxygen atoms in total. The summed E-state index contributed by atoms with van der Waals surface area (Å²) in [5, 5.41) is 9.78. The monoisotopic (exact) mass is 549 g/mol. The number of fused-ring (bicyclic) bond motifs is 3. The van der Waals surface area contributed by atoms with Gasteiger partial charge in [0.05, 0.1) is 18.1 Å². The smallest absolute Gasteiger partial charge is 0.331 e. The maximum Gasteiger partial charge on any atom is 0.446 e. The standard InChI is InChI=1S/C28H22F3N5S2/c1-17-4-3-5-18(2)25(17)34-27(37)35-33-15-19-6-11-23-21(14-19)12-13-36-24(16-32-26(23)36)20-7-9-22(10-8-20)38-28(29,30)31/h3-16H,1-2H3,(H2,34,35,37)/b33-15+. The first-order valence-electron chi connectivity index (χ1n) is 11.6. The fourth-order valence-corrected chi connectivity index (χ4v) is 4.92. The van der Waals surface area contributed by atoms with E-state index in [9.17, 15) is 13.2 Å². The van der Waals surface area contributed by atoms with Gasteiger partial charge in [0.2, 0.25) is 0 Å². The van der Waals surface area contributed by atoms with Crippen molar-refractivity contribution in [2.75, 3.05) is 5.32 Å². The zero-order valence-electron chi connectivity index (χ0n) is 20.4. The number of pyridine rings is 1. The number of hydrazone groups is 1. The molecule has 0 saturated heterocycles. The second-order valence-corrected chi connectivity index (χ2v) is 10.2. The van der Waals surface area contributed by atoms with Crippen molar-refractivity contribution >= 4 is 57.4 Å². The van der Waals surface area contributed by atoms with Gasteiger partial charge in [0.15, 0.2) is 5.11 Å². The highest BCUT2D eigenvalue weighted by atomic mass is 32.2. The number of thioether (sulfide) groups is 1. The van der Waals surface area contributed by atoms with Crippen LogP contribution in [-0.2, 0) is 0 Å². The Balaban J connectivity index is 1.32. The number of nitrogens with one attached hydrogen (secondary N) is 2. The molecule has 0 aliphatic carbocycles. The van der Waals surface area contributed by atoms with Crippen molar-refractivity contribution < 1.29 is 13.2 Å². The molecule has 0 saturated carbocycles. The summed E-state index contributed by atoms with van der Waals surface area (Å²) in [5.74, 6) is 0. The second kappa shape index (κ2) is 10.5. The van der Waals surface area contributed by atoms with Crippen molar-refractivity contribution in [3.63, 3.8) is 0 Å². The Bertz CT molecular complexity index is 1650. The van der Waals surface area contributed by atoms with Crippen LogP contribution in [-0.4, -0.2) is 26.2 Å². The molecule has 2 N–H and O–H groups in total. The number of para-hydroxylation sites is 1. The molecule has 0 aliphatic heterocycles. The highest BCUT2D eigenvalue weighted by Gasteiger charge is 2.29. The molecule has 10 heteroatoms.